The number of benzene rings is 2. The molecule has 0 bridgehead atoms. The van der Waals surface area contributed by atoms with Crippen molar-refractivity contribution in [1.82, 2.24) is 20.2 Å². The number of amides is 1. The zero-order valence-electron chi connectivity index (χ0n) is 15.5. The van der Waals surface area contributed by atoms with Crippen LogP contribution < -0.4 is 14.8 Å². The van der Waals surface area contributed by atoms with Crippen LogP contribution in [0.4, 0.5) is 32.0 Å². The molecule has 8 nitrogen and oxygen atoms in total. The van der Waals surface area contributed by atoms with Gasteiger partial charge < -0.3 is 14.8 Å². The summed E-state index contributed by atoms with van der Waals surface area (Å²) < 4.78 is 82.0. The lowest BCUT2D eigenvalue weighted by molar-refractivity contribution is -0.275. The molecule has 0 saturated carbocycles. The average Bonchev–Trinajstić information content (AvgIpc) is 3.15. The number of carbonyl (C=O) groups excluding carboxylic acids is 1. The number of anilines is 1. The summed E-state index contributed by atoms with van der Waals surface area (Å²) in [6.45, 7) is 0. The fourth-order valence-electron chi connectivity index (χ4n) is 2.29. The van der Waals surface area contributed by atoms with E-state index < -0.39 is 30.1 Å². The molecule has 1 N–H and O–H groups in total. The summed E-state index contributed by atoms with van der Waals surface area (Å²) in [4.78, 5) is 12.1. The molecule has 0 unspecified atom stereocenters. The second-order valence-corrected chi connectivity index (χ2v) is 6.77. The van der Waals surface area contributed by atoms with E-state index in [0.717, 1.165) is 36.0 Å². The van der Waals surface area contributed by atoms with Crippen LogP contribution in [-0.2, 0) is 4.79 Å². The minimum absolute atomic E-state index is 0.156. The van der Waals surface area contributed by atoms with Gasteiger partial charge in [-0.3, -0.25) is 4.79 Å². The third-order valence-corrected chi connectivity index (χ3v) is 4.38. The first-order chi connectivity index (χ1) is 15.0. The van der Waals surface area contributed by atoms with Crippen LogP contribution in [0.15, 0.2) is 53.7 Å². The molecule has 170 valence electrons. The summed E-state index contributed by atoms with van der Waals surface area (Å²) in [6, 6.07) is 9.32. The number of nitrogens with zero attached hydrogens (tertiary/aromatic N) is 4. The molecule has 0 aliphatic heterocycles. The number of aromatic nitrogens is 4. The Hall–Kier alpha value is -3.49. The van der Waals surface area contributed by atoms with E-state index >= 15 is 0 Å². The lowest BCUT2D eigenvalue weighted by atomic mass is 10.3. The van der Waals surface area contributed by atoms with Crippen molar-refractivity contribution >= 4 is 23.4 Å². The Labute approximate surface area is 179 Å². The minimum atomic E-state index is -4.82. The molecule has 0 fully saturated rings. The van der Waals surface area contributed by atoms with E-state index in [1.807, 2.05) is 0 Å². The number of nitrogens with one attached hydrogen (secondary N) is 1. The van der Waals surface area contributed by atoms with Gasteiger partial charge in [0.1, 0.15) is 11.5 Å². The molecule has 1 amide bonds. The normalized spacial score (nSPS) is 11.8. The molecule has 0 atom stereocenters. The molecular formula is C17H11F6N5O3S. The first kappa shape index (κ1) is 23.2. The highest BCUT2D eigenvalue weighted by Crippen LogP contribution is 2.26. The van der Waals surface area contributed by atoms with E-state index in [4.69, 9.17) is 0 Å². The van der Waals surface area contributed by atoms with Crippen LogP contribution in [0.5, 0.6) is 11.5 Å². The maximum atomic E-state index is 12.2. The molecule has 0 saturated heterocycles. The number of carbonyl (C=O) groups is 1. The van der Waals surface area contributed by atoms with Gasteiger partial charge in [0.2, 0.25) is 11.1 Å². The summed E-state index contributed by atoms with van der Waals surface area (Å²) in [5.41, 5.74) is 0.567. The summed E-state index contributed by atoms with van der Waals surface area (Å²) in [5.74, 6) is -1.51. The predicted molar refractivity (Wildman–Crippen MR) is 98.3 cm³/mol. The smallest absolute Gasteiger partial charge is 0.406 e. The number of thioether (sulfide) groups is 1. The van der Waals surface area contributed by atoms with Crippen molar-refractivity contribution in [2.24, 2.45) is 0 Å². The van der Waals surface area contributed by atoms with Crippen molar-refractivity contribution in [2.75, 3.05) is 11.1 Å². The van der Waals surface area contributed by atoms with Crippen LogP contribution in [-0.4, -0.2) is 44.6 Å². The summed E-state index contributed by atoms with van der Waals surface area (Å²) in [6.07, 6.45) is -9.65. The lowest BCUT2D eigenvalue weighted by Crippen LogP contribution is -2.17. The van der Waals surface area contributed by atoms with Gasteiger partial charge in [-0.1, -0.05) is 11.8 Å². The Morgan fingerprint density at radius 2 is 1.44 bits per heavy atom. The average molecular weight is 479 g/mol. The predicted octanol–water partition coefficient (Wildman–Crippen LogP) is 4.19. The van der Waals surface area contributed by atoms with Gasteiger partial charge in [0.15, 0.2) is 0 Å². The number of halogens is 6. The molecule has 0 aliphatic carbocycles. The van der Waals surface area contributed by atoms with Crippen LogP contribution in [0.1, 0.15) is 0 Å². The molecule has 32 heavy (non-hydrogen) atoms. The summed E-state index contributed by atoms with van der Waals surface area (Å²) >= 11 is 0.931. The van der Waals surface area contributed by atoms with Crippen LogP contribution in [0.3, 0.4) is 0 Å². The molecule has 15 heteroatoms. The third-order valence-electron chi connectivity index (χ3n) is 3.46. The largest absolute Gasteiger partial charge is 0.573 e. The maximum Gasteiger partial charge on any atom is 0.573 e. The standard InChI is InChI=1S/C17H11F6N5O3S/c18-16(19,20)30-12-5-1-10(2-6-12)24-14(29)9-32-15-25-26-27-28(15)11-3-7-13(8-4-11)31-17(21,22)23/h1-8H,9H2,(H,24,29). The molecule has 0 radical (unpaired) electrons. The number of tetrazole rings is 1. The topological polar surface area (TPSA) is 91.2 Å². The van der Waals surface area contributed by atoms with Gasteiger partial charge in [0, 0.05) is 5.69 Å². The van der Waals surface area contributed by atoms with E-state index in [2.05, 4.69) is 30.3 Å². The zero-order valence-corrected chi connectivity index (χ0v) is 16.3. The lowest BCUT2D eigenvalue weighted by Gasteiger charge is -2.10. The van der Waals surface area contributed by atoms with Crippen LogP contribution in [0.25, 0.3) is 5.69 Å². The molecule has 1 aromatic heterocycles. The summed E-state index contributed by atoms with van der Waals surface area (Å²) in [5, 5.41) is 13.6. The van der Waals surface area contributed by atoms with Gasteiger partial charge in [0.05, 0.1) is 11.4 Å². The fourth-order valence-corrected chi connectivity index (χ4v) is 2.98. The maximum absolute atomic E-state index is 12.2. The summed E-state index contributed by atoms with van der Waals surface area (Å²) in [7, 11) is 0. The van der Waals surface area contributed by atoms with Gasteiger partial charge in [-0.05, 0) is 59.0 Å². The van der Waals surface area contributed by atoms with Gasteiger partial charge >= 0.3 is 12.7 Å². The molecule has 3 rings (SSSR count). The number of ether oxygens (including phenoxy) is 2. The van der Waals surface area contributed by atoms with Crippen LogP contribution >= 0.6 is 11.8 Å². The molecular weight excluding hydrogens is 468 g/mol. The Kier molecular flexibility index (Phi) is 6.76. The molecule has 2 aromatic carbocycles. The highest BCUT2D eigenvalue weighted by atomic mass is 32.2. The van der Waals surface area contributed by atoms with Crippen molar-refractivity contribution in [2.45, 2.75) is 17.9 Å². The number of hydrogen-bond acceptors (Lipinski definition) is 7. The first-order valence-electron chi connectivity index (χ1n) is 8.41. The van der Waals surface area contributed by atoms with E-state index in [1.54, 1.807) is 0 Å². The monoisotopic (exact) mass is 479 g/mol. The van der Waals surface area contributed by atoms with E-state index in [-0.39, 0.29) is 16.6 Å². The van der Waals surface area contributed by atoms with Crippen molar-refractivity contribution in [3.63, 3.8) is 0 Å². The highest BCUT2D eigenvalue weighted by Gasteiger charge is 2.31. The highest BCUT2D eigenvalue weighted by molar-refractivity contribution is 7.99. The van der Waals surface area contributed by atoms with E-state index in [0.29, 0.717) is 5.69 Å². The zero-order chi connectivity index (χ0) is 23.4. The molecule has 0 aliphatic rings. The van der Waals surface area contributed by atoms with Crippen molar-refractivity contribution in [3.05, 3.63) is 48.5 Å². The van der Waals surface area contributed by atoms with Crippen molar-refractivity contribution in [3.8, 4) is 17.2 Å². The Balaban J connectivity index is 1.57. The van der Waals surface area contributed by atoms with E-state index in [9.17, 15) is 31.1 Å². The first-order valence-corrected chi connectivity index (χ1v) is 9.40. The van der Waals surface area contributed by atoms with Crippen LogP contribution in [0, 0.1) is 0 Å². The fraction of sp³-hybridized carbons (Fsp3) is 0.176. The molecule has 0 spiro atoms. The van der Waals surface area contributed by atoms with Crippen molar-refractivity contribution in [1.29, 1.82) is 0 Å². The van der Waals surface area contributed by atoms with Gasteiger partial charge in [-0.2, -0.15) is 4.68 Å². The third kappa shape index (κ3) is 7.04. The Morgan fingerprint density at radius 3 is 1.97 bits per heavy atom. The minimum Gasteiger partial charge on any atom is -0.406 e. The number of hydrogen-bond donors (Lipinski definition) is 1. The van der Waals surface area contributed by atoms with Crippen LogP contribution in [0.2, 0.25) is 0 Å². The molecule has 1 heterocycles. The Morgan fingerprint density at radius 1 is 0.906 bits per heavy atom. The second-order valence-electron chi connectivity index (χ2n) is 5.82. The van der Waals surface area contributed by atoms with Crippen molar-refractivity contribution < 1.29 is 40.6 Å². The SMILES string of the molecule is O=C(CSc1nnnn1-c1ccc(OC(F)(F)F)cc1)Nc1ccc(OC(F)(F)F)cc1. The number of alkyl halides is 6. The van der Waals surface area contributed by atoms with Gasteiger partial charge in [-0.25, -0.2) is 0 Å². The Bertz CT molecular complexity index is 1050. The number of rotatable bonds is 7. The van der Waals surface area contributed by atoms with Gasteiger partial charge in [-0.15, -0.1) is 31.4 Å². The van der Waals surface area contributed by atoms with Gasteiger partial charge in [0.25, 0.3) is 0 Å². The van der Waals surface area contributed by atoms with E-state index in [1.165, 1.54) is 28.9 Å². The molecule has 3 aromatic rings. The quantitative estimate of drug-likeness (QED) is 0.401. The second kappa shape index (κ2) is 9.33.